The van der Waals surface area contributed by atoms with Gasteiger partial charge in [0.15, 0.2) is 6.10 Å². The van der Waals surface area contributed by atoms with E-state index in [2.05, 4.69) is 9.47 Å². The molecule has 0 aromatic carbocycles. The summed E-state index contributed by atoms with van der Waals surface area (Å²) in [6.45, 7) is 2.49. The van der Waals surface area contributed by atoms with Gasteiger partial charge in [-0.1, -0.05) is 6.08 Å². The van der Waals surface area contributed by atoms with Gasteiger partial charge < -0.3 is 14.2 Å². The normalized spacial score (nSPS) is 23.4. The molecular formula is C7H10O4. The van der Waals surface area contributed by atoms with Crippen LogP contribution in [0.25, 0.3) is 0 Å². The van der Waals surface area contributed by atoms with Crippen LogP contribution in [0.5, 0.6) is 0 Å². The summed E-state index contributed by atoms with van der Waals surface area (Å²) in [6.07, 6.45) is 2.45. The molecule has 0 radical (unpaired) electrons. The van der Waals surface area contributed by atoms with Crippen LogP contribution in [0, 0.1) is 0 Å². The summed E-state index contributed by atoms with van der Waals surface area (Å²) in [5, 5.41) is 0. The molecular weight excluding hydrogens is 148 g/mol. The molecule has 0 spiro atoms. The molecule has 1 fully saturated rings. The van der Waals surface area contributed by atoms with E-state index in [1.807, 2.05) is 6.92 Å². The fourth-order valence-electron chi connectivity index (χ4n) is 0.706. The number of rotatable bonds is 3. The minimum Gasteiger partial charge on any atom is -0.498 e. The summed E-state index contributed by atoms with van der Waals surface area (Å²) in [4.78, 5) is 10.4. The lowest BCUT2D eigenvalue weighted by atomic mass is 10.4. The molecule has 0 aromatic heterocycles. The fourth-order valence-corrected chi connectivity index (χ4v) is 0.706. The molecule has 11 heavy (non-hydrogen) atoms. The lowest BCUT2D eigenvalue weighted by Gasteiger charge is -2.03. The Labute approximate surface area is 64.7 Å². The number of hydrogen-bond acceptors (Lipinski definition) is 4. The minimum absolute atomic E-state index is 0.251. The van der Waals surface area contributed by atoms with Crippen molar-refractivity contribution in [3.05, 3.63) is 12.3 Å². The van der Waals surface area contributed by atoms with E-state index in [0.29, 0.717) is 6.61 Å². The molecule has 1 atom stereocenters. The first-order valence-corrected chi connectivity index (χ1v) is 3.39. The standard InChI is InChI=1S/C7H10O4/c1-2-3-9-4-6-5-10-7(8)11-6/h2-3,6H,4-5H2,1H3/b3-2+/t6-/m0/s1. The van der Waals surface area contributed by atoms with Gasteiger partial charge in [0.1, 0.15) is 13.2 Å². The van der Waals surface area contributed by atoms with Crippen LogP contribution >= 0.6 is 0 Å². The van der Waals surface area contributed by atoms with Crippen LogP contribution in [0.3, 0.4) is 0 Å². The Morgan fingerprint density at radius 2 is 2.64 bits per heavy atom. The van der Waals surface area contributed by atoms with Gasteiger partial charge in [-0.3, -0.25) is 0 Å². The second kappa shape index (κ2) is 3.85. The molecule has 0 aromatic rings. The van der Waals surface area contributed by atoms with Crippen LogP contribution in [-0.4, -0.2) is 25.5 Å². The number of allylic oxidation sites excluding steroid dienone is 1. The Kier molecular flexibility index (Phi) is 2.77. The monoisotopic (exact) mass is 158 g/mol. The highest BCUT2D eigenvalue weighted by atomic mass is 16.8. The van der Waals surface area contributed by atoms with Gasteiger partial charge in [-0.2, -0.15) is 0 Å². The van der Waals surface area contributed by atoms with E-state index in [1.54, 1.807) is 12.3 Å². The summed E-state index contributed by atoms with van der Waals surface area (Å²) in [7, 11) is 0. The highest BCUT2D eigenvalue weighted by molar-refractivity contribution is 5.61. The van der Waals surface area contributed by atoms with Crippen molar-refractivity contribution in [1.29, 1.82) is 0 Å². The highest BCUT2D eigenvalue weighted by Gasteiger charge is 2.24. The molecule has 0 saturated carbocycles. The van der Waals surface area contributed by atoms with Crippen LogP contribution in [0.15, 0.2) is 12.3 Å². The van der Waals surface area contributed by atoms with E-state index in [1.165, 1.54) is 0 Å². The Morgan fingerprint density at radius 3 is 3.18 bits per heavy atom. The zero-order chi connectivity index (χ0) is 8.10. The molecule has 0 amide bonds. The average Bonchev–Trinajstić information content (AvgIpc) is 2.37. The van der Waals surface area contributed by atoms with E-state index in [-0.39, 0.29) is 12.7 Å². The van der Waals surface area contributed by atoms with Crippen molar-refractivity contribution in [3.8, 4) is 0 Å². The number of ether oxygens (including phenoxy) is 3. The molecule has 0 N–H and O–H groups in total. The number of hydrogen-bond donors (Lipinski definition) is 0. The summed E-state index contributed by atoms with van der Waals surface area (Å²) >= 11 is 0. The van der Waals surface area contributed by atoms with E-state index >= 15 is 0 Å². The number of carbonyl (C=O) groups is 1. The third-order valence-corrected chi connectivity index (χ3v) is 1.16. The fraction of sp³-hybridized carbons (Fsp3) is 0.571. The Balaban J connectivity index is 2.13. The first-order valence-electron chi connectivity index (χ1n) is 3.39. The number of carbonyl (C=O) groups excluding carboxylic acids is 1. The minimum atomic E-state index is -0.612. The van der Waals surface area contributed by atoms with Gasteiger partial charge in [-0.15, -0.1) is 0 Å². The van der Waals surface area contributed by atoms with Crippen LogP contribution in [0.4, 0.5) is 4.79 Å². The quantitative estimate of drug-likeness (QED) is 0.455. The zero-order valence-electron chi connectivity index (χ0n) is 6.28. The van der Waals surface area contributed by atoms with Crippen LogP contribution in [0.1, 0.15) is 6.92 Å². The molecule has 4 heteroatoms. The molecule has 1 saturated heterocycles. The molecule has 0 bridgehead atoms. The SMILES string of the molecule is C/C=C/OC[C@H]1COC(=O)O1. The van der Waals surface area contributed by atoms with Crippen molar-refractivity contribution in [3.63, 3.8) is 0 Å². The molecule has 1 heterocycles. The smallest absolute Gasteiger partial charge is 0.498 e. The van der Waals surface area contributed by atoms with Crippen molar-refractivity contribution in [2.75, 3.05) is 13.2 Å². The van der Waals surface area contributed by atoms with Gasteiger partial charge in [0.25, 0.3) is 0 Å². The molecule has 62 valence electrons. The van der Waals surface area contributed by atoms with Gasteiger partial charge in [-0.05, 0) is 6.92 Å². The third-order valence-electron chi connectivity index (χ3n) is 1.16. The van der Waals surface area contributed by atoms with Crippen molar-refractivity contribution >= 4 is 6.16 Å². The summed E-state index contributed by atoms with van der Waals surface area (Å²) in [6, 6.07) is 0. The highest BCUT2D eigenvalue weighted by Crippen LogP contribution is 2.05. The van der Waals surface area contributed by atoms with Crippen LogP contribution < -0.4 is 0 Å². The maximum absolute atomic E-state index is 10.4. The second-order valence-corrected chi connectivity index (χ2v) is 2.10. The largest absolute Gasteiger partial charge is 0.508 e. The Bertz CT molecular complexity index is 164. The van der Waals surface area contributed by atoms with Crippen molar-refractivity contribution < 1.29 is 19.0 Å². The predicted octanol–water partition coefficient (Wildman–Crippen LogP) is 1.07. The van der Waals surface area contributed by atoms with Gasteiger partial charge in [-0.25, -0.2) is 4.79 Å². The average molecular weight is 158 g/mol. The first-order chi connectivity index (χ1) is 5.33. The molecule has 1 aliphatic rings. The summed E-state index contributed by atoms with van der Waals surface area (Å²) < 4.78 is 14.2. The second-order valence-electron chi connectivity index (χ2n) is 2.10. The molecule has 0 unspecified atom stereocenters. The van der Waals surface area contributed by atoms with Crippen LogP contribution in [0.2, 0.25) is 0 Å². The summed E-state index contributed by atoms with van der Waals surface area (Å²) in [5.41, 5.74) is 0. The van der Waals surface area contributed by atoms with Crippen molar-refractivity contribution in [2.24, 2.45) is 0 Å². The molecule has 0 aliphatic carbocycles. The Hall–Kier alpha value is -1.19. The van der Waals surface area contributed by atoms with E-state index in [9.17, 15) is 4.79 Å². The first kappa shape index (κ1) is 7.91. The van der Waals surface area contributed by atoms with Gasteiger partial charge in [0.2, 0.25) is 0 Å². The molecule has 1 rings (SSSR count). The maximum Gasteiger partial charge on any atom is 0.508 e. The Morgan fingerprint density at radius 1 is 1.82 bits per heavy atom. The lowest BCUT2D eigenvalue weighted by Crippen LogP contribution is -2.16. The van der Waals surface area contributed by atoms with E-state index in [4.69, 9.17) is 4.74 Å². The van der Waals surface area contributed by atoms with Gasteiger partial charge in [0.05, 0.1) is 6.26 Å². The van der Waals surface area contributed by atoms with Gasteiger partial charge in [0, 0.05) is 0 Å². The van der Waals surface area contributed by atoms with E-state index < -0.39 is 6.16 Å². The van der Waals surface area contributed by atoms with Crippen molar-refractivity contribution in [1.82, 2.24) is 0 Å². The zero-order valence-corrected chi connectivity index (χ0v) is 6.28. The topological polar surface area (TPSA) is 44.8 Å². The molecule has 4 nitrogen and oxygen atoms in total. The van der Waals surface area contributed by atoms with Gasteiger partial charge >= 0.3 is 6.16 Å². The maximum atomic E-state index is 10.4. The molecule has 1 aliphatic heterocycles. The number of cyclic esters (lactones) is 2. The van der Waals surface area contributed by atoms with Crippen molar-refractivity contribution in [2.45, 2.75) is 13.0 Å². The van der Waals surface area contributed by atoms with Crippen LogP contribution in [-0.2, 0) is 14.2 Å². The third kappa shape index (κ3) is 2.49. The summed E-state index contributed by atoms with van der Waals surface area (Å²) in [5.74, 6) is 0. The lowest BCUT2D eigenvalue weighted by molar-refractivity contribution is 0.0852. The predicted molar refractivity (Wildman–Crippen MR) is 37.0 cm³/mol. The van der Waals surface area contributed by atoms with E-state index in [0.717, 1.165) is 0 Å².